The molecule has 0 spiro atoms. The predicted octanol–water partition coefficient (Wildman–Crippen LogP) is 1.50. The van der Waals surface area contributed by atoms with Crippen LogP contribution in [0.5, 0.6) is 0 Å². The Hall–Kier alpha value is -2.67. The van der Waals surface area contributed by atoms with Crippen LogP contribution in [0.1, 0.15) is 58.8 Å². The summed E-state index contributed by atoms with van der Waals surface area (Å²) in [5.74, 6) is -0.621. The first-order valence-corrected chi connectivity index (χ1v) is 8.85. The van der Waals surface area contributed by atoms with E-state index < -0.39 is 0 Å². The first-order valence-electron chi connectivity index (χ1n) is 8.85. The minimum Gasteiger partial charge on any atom is -0.393 e. The van der Waals surface area contributed by atoms with Crippen molar-refractivity contribution in [2.24, 2.45) is 0 Å². The van der Waals surface area contributed by atoms with Crippen LogP contribution in [0, 0.1) is 0 Å². The van der Waals surface area contributed by atoms with E-state index >= 15 is 0 Å². The number of carbonyl (C=O) groups is 2. The second kappa shape index (κ2) is 7.70. The summed E-state index contributed by atoms with van der Waals surface area (Å²) >= 11 is 0. The van der Waals surface area contributed by atoms with Crippen LogP contribution in [0.4, 0.5) is 0 Å². The van der Waals surface area contributed by atoms with Crippen molar-refractivity contribution >= 4 is 11.8 Å². The maximum atomic E-state index is 12.8. The quantitative estimate of drug-likeness (QED) is 0.756. The van der Waals surface area contributed by atoms with E-state index in [1.807, 2.05) is 37.3 Å². The number of carbonyl (C=O) groups excluding carboxylic acids is 2. The summed E-state index contributed by atoms with van der Waals surface area (Å²) in [6.45, 7) is 1.94. The maximum Gasteiger partial charge on any atom is 0.271 e. The molecule has 1 heterocycles. The molecule has 0 saturated heterocycles. The lowest BCUT2D eigenvalue weighted by Crippen LogP contribution is -2.35. The van der Waals surface area contributed by atoms with Crippen LogP contribution in [0.3, 0.4) is 0 Å². The highest BCUT2D eigenvalue weighted by atomic mass is 16.3. The topological polar surface area (TPSA) is 96.3 Å². The Morgan fingerprint density at radius 2 is 1.96 bits per heavy atom. The number of hydrogen-bond acceptors (Lipinski definition) is 4. The molecule has 26 heavy (non-hydrogen) atoms. The molecule has 0 radical (unpaired) electrons. The van der Waals surface area contributed by atoms with Gasteiger partial charge in [0.25, 0.3) is 11.8 Å². The van der Waals surface area contributed by atoms with E-state index in [-0.39, 0.29) is 35.7 Å². The van der Waals surface area contributed by atoms with E-state index in [1.165, 1.54) is 13.1 Å². The molecule has 1 aliphatic rings. The molecule has 1 aliphatic carbocycles. The summed E-state index contributed by atoms with van der Waals surface area (Å²) in [6.07, 6.45) is 1.62. The Labute approximate surface area is 152 Å². The standard InChI is InChI=1S/C19H24N4O3/c1-12(13-6-4-3-5-7-13)23-17(11-16(22-23)18(25)20-2)19(26)21-14-8-9-15(24)10-14/h3-7,11-12,14-15,24H,8-10H2,1-2H3,(H,20,25)(H,21,26)/t12-,14-,15+/m0/s1. The third-order valence-corrected chi connectivity index (χ3v) is 4.82. The molecule has 1 saturated carbocycles. The van der Waals surface area contributed by atoms with Crippen molar-refractivity contribution in [3.05, 3.63) is 53.3 Å². The monoisotopic (exact) mass is 356 g/mol. The van der Waals surface area contributed by atoms with Gasteiger partial charge in [-0.25, -0.2) is 0 Å². The fourth-order valence-electron chi connectivity index (χ4n) is 3.32. The van der Waals surface area contributed by atoms with E-state index in [0.29, 0.717) is 18.5 Å². The van der Waals surface area contributed by atoms with Crippen molar-refractivity contribution in [1.82, 2.24) is 20.4 Å². The van der Waals surface area contributed by atoms with Crippen molar-refractivity contribution < 1.29 is 14.7 Å². The van der Waals surface area contributed by atoms with E-state index in [4.69, 9.17) is 0 Å². The molecule has 1 aromatic carbocycles. The van der Waals surface area contributed by atoms with E-state index in [1.54, 1.807) is 4.68 Å². The van der Waals surface area contributed by atoms with Gasteiger partial charge in [0, 0.05) is 19.2 Å². The van der Waals surface area contributed by atoms with Gasteiger partial charge < -0.3 is 15.7 Å². The van der Waals surface area contributed by atoms with Gasteiger partial charge in [0.1, 0.15) is 5.69 Å². The molecule has 0 unspecified atom stereocenters. The molecule has 7 heteroatoms. The van der Waals surface area contributed by atoms with Crippen LogP contribution >= 0.6 is 0 Å². The Morgan fingerprint density at radius 3 is 2.58 bits per heavy atom. The van der Waals surface area contributed by atoms with Gasteiger partial charge in [-0.2, -0.15) is 5.10 Å². The number of aromatic nitrogens is 2. The zero-order chi connectivity index (χ0) is 18.7. The van der Waals surface area contributed by atoms with Gasteiger partial charge >= 0.3 is 0 Å². The van der Waals surface area contributed by atoms with Crippen molar-refractivity contribution in [2.75, 3.05) is 7.05 Å². The first kappa shape index (κ1) is 18.1. The number of aliphatic hydroxyl groups excluding tert-OH is 1. The molecule has 7 nitrogen and oxygen atoms in total. The lowest BCUT2D eigenvalue weighted by Gasteiger charge is -2.17. The maximum absolute atomic E-state index is 12.8. The minimum absolute atomic E-state index is 0.0590. The SMILES string of the molecule is CNC(=O)c1cc(C(=O)N[C@H]2CC[C@@H](O)C2)n([C@@H](C)c2ccccc2)n1. The van der Waals surface area contributed by atoms with Crippen LogP contribution < -0.4 is 10.6 Å². The van der Waals surface area contributed by atoms with Gasteiger partial charge in [0.15, 0.2) is 5.69 Å². The highest BCUT2D eigenvalue weighted by Crippen LogP contribution is 2.22. The van der Waals surface area contributed by atoms with Gasteiger partial charge in [-0.3, -0.25) is 14.3 Å². The second-order valence-corrected chi connectivity index (χ2v) is 6.66. The molecule has 0 aliphatic heterocycles. The normalized spacial score (nSPS) is 20.6. The summed E-state index contributed by atoms with van der Waals surface area (Å²) in [4.78, 5) is 24.8. The van der Waals surface area contributed by atoms with Gasteiger partial charge in [-0.1, -0.05) is 30.3 Å². The first-order chi connectivity index (χ1) is 12.5. The smallest absolute Gasteiger partial charge is 0.271 e. The molecule has 138 valence electrons. The average Bonchev–Trinajstić information content (AvgIpc) is 3.27. The van der Waals surface area contributed by atoms with E-state index in [9.17, 15) is 14.7 Å². The third kappa shape index (κ3) is 3.77. The average molecular weight is 356 g/mol. The fourth-order valence-corrected chi connectivity index (χ4v) is 3.32. The lowest BCUT2D eigenvalue weighted by atomic mass is 10.1. The molecular weight excluding hydrogens is 332 g/mol. The summed E-state index contributed by atoms with van der Waals surface area (Å²) in [6, 6.07) is 10.9. The van der Waals surface area contributed by atoms with Crippen LogP contribution in [0.25, 0.3) is 0 Å². The molecule has 3 N–H and O–H groups in total. The van der Waals surface area contributed by atoms with Crippen molar-refractivity contribution in [1.29, 1.82) is 0 Å². The zero-order valence-corrected chi connectivity index (χ0v) is 15.0. The second-order valence-electron chi connectivity index (χ2n) is 6.66. The van der Waals surface area contributed by atoms with Gasteiger partial charge in [-0.15, -0.1) is 0 Å². The Balaban J connectivity index is 1.90. The van der Waals surface area contributed by atoms with E-state index in [0.717, 1.165) is 12.0 Å². The summed E-state index contributed by atoms with van der Waals surface area (Å²) < 4.78 is 1.58. The summed E-state index contributed by atoms with van der Waals surface area (Å²) in [5.41, 5.74) is 1.53. The summed E-state index contributed by atoms with van der Waals surface area (Å²) in [7, 11) is 1.53. The number of aliphatic hydroxyl groups is 1. The molecular formula is C19H24N4O3. The molecule has 2 aromatic rings. The summed E-state index contributed by atoms with van der Waals surface area (Å²) in [5, 5.41) is 19.5. The van der Waals surface area contributed by atoms with Crippen molar-refractivity contribution in [2.45, 2.75) is 44.4 Å². The van der Waals surface area contributed by atoms with Gasteiger partial charge in [0.2, 0.25) is 0 Å². The molecule has 1 aromatic heterocycles. The zero-order valence-electron chi connectivity index (χ0n) is 15.0. The van der Waals surface area contributed by atoms with Crippen LogP contribution in [-0.4, -0.2) is 45.9 Å². The number of hydrogen-bond donors (Lipinski definition) is 3. The fraction of sp³-hybridized carbons (Fsp3) is 0.421. The molecule has 2 amide bonds. The molecule has 3 rings (SSSR count). The number of nitrogens with one attached hydrogen (secondary N) is 2. The minimum atomic E-state index is -0.366. The van der Waals surface area contributed by atoms with Gasteiger partial charge in [-0.05, 0) is 31.7 Å². The van der Waals surface area contributed by atoms with E-state index in [2.05, 4.69) is 15.7 Å². The number of amides is 2. The Morgan fingerprint density at radius 1 is 1.23 bits per heavy atom. The van der Waals surface area contributed by atoms with Gasteiger partial charge in [0.05, 0.1) is 12.1 Å². The van der Waals surface area contributed by atoms with Crippen LogP contribution in [0.15, 0.2) is 36.4 Å². The Bertz CT molecular complexity index is 787. The van der Waals surface area contributed by atoms with Crippen molar-refractivity contribution in [3.8, 4) is 0 Å². The largest absolute Gasteiger partial charge is 0.393 e. The molecule has 1 fully saturated rings. The molecule has 3 atom stereocenters. The lowest BCUT2D eigenvalue weighted by molar-refractivity contribution is 0.0919. The highest BCUT2D eigenvalue weighted by molar-refractivity contribution is 5.98. The van der Waals surface area contributed by atoms with Crippen LogP contribution in [-0.2, 0) is 0 Å². The number of rotatable bonds is 5. The third-order valence-electron chi connectivity index (χ3n) is 4.82. The number of benzene rings is 1. The van der Waals surface area contributed by atoms with Crippen molar-refractivity contribution in [3.63, 3.8) is 0 Å². The Kier molecular flexibility index (Phi) is 5.37. The highest BCUT2D eigenvalue weighted by Gasteiger charge is 2.27. The van der Waals surface area contributed by atoms with Crippen LogP contribution in [0.2, 0.25) is 0 Å². The number of nitrogens with zero attached hydrogens (tertiary/aromatic N) is 2. The molecule has 0 bridgehead atoms. The predicted molar refractivity (Wildman–Crippen MR) is 97.0 cm³/mol.